The number of primary amides is 1. The Kier molecular flexibility index (Phi) is 5.68. The van der Waals surface area contributed by atoms with Gasteiger partial charge in [-0.05, 0) is 50.6 Å². The fraction of sp³-hybridized carbons (Fsp3) is 0.500. The smallest absolute Gasteiger partial charge is 0.253 e. The molecule has 1 aromatic rings. The van der Waals surface area contributed by atoms with E-state index in [0.717, 1.165) is 0 Å². The molecule has 2 amide bonds. The Labute approximate surface area is 200 Å². The van der Waals surface area contributed by atoms with Crippen molar-refractivity contribution >= 4 is 34.9 Å². The van der Waals surface area contributed by atoms with Gasteiger partial charge in [-0.25, -0.2) is 0 Å². The van der Waals surface area contributed by atoms with Crippen molar-refractivity contribution in [2.75, 3.05) is 28.2 Å². The molecule has 0 heterocycles. The van der Waals surface area contributed by atoms with E-state index in [1.807, 2.05) is 0 Å². The van der Waals surface area contributed by atoms with Gasteiger partial charge in [0.2, 0.25) is 5.91 Å². The molecule has 3 aliphatic carbocycles. The van der Waals surface area contributed by atoms with Gasteiger partial charge in [-0.15, -0.1) is 0 Å². The van der Waals surface area contributed by atoms with Gasteiger partial charge < -0.3 is 20.8 Å². The van der Waals surface area contributed by atoms with E-state index in [9.17, 15) is 39.0 Å². The quantitative estimate of drug-likeness (QED) is 0.433. The first-order valence-corrected chi connectivity index (χ1v) is 11.2. The summed E-state index contributed by atoms with van der Waals surface area (Å²) >= 11 is 0. The summed E-state index contributed by atoms with van der Waals surface area (Å²) in [6.45, 7) is 0. The zero-order chi connectivity index (χ0) is 26.1. The van der Waals surface area contributed by atoms with Crippen LogP contribution in [0.3, 0.4) is 0 Å². The fourth-order valence-electron chi connectivity index (χ4n) is 6.05. The van der Waals surface area contributed by atoms with Crippen LogP contribution in [0.2, 0.25) is 0 Å². The highest BCUT2D eigenvalue weighted by Gasteiger charge is 2.69. The third-order valence-corrected chi connectivity index (χ3v) is 7.58. The second-order valence-electron chi connectivity index (χ2n) is 9.97. The molecule has 0 bridgehead atoms. The van der Waals surface area contributed by atoms with Crippen molar-refractivity contribution in [3.8, 4) is 5.75 Å². The SMILES string of the molecule is CN(C)C(=O)c1ccc(O)c2c1CC1CC3C(N(C)C)C(=O)C(C(N)=O)C(=O)C3(O)C(=O)C1C2=O. The van der Waals surface area contributed by atoms with Gasteiger partial charge in [-0.3, -0.25) is 33.7 Å². The summed E-state index contributed by atoms with van der Waals surface area (Å²) in [7, 11) is 6.10. The molecule has 1 aromatic carbocycles. The van der Waals surface area contributed by atoms with Gasteiger partial charge in [-0.1, -0.05) is 0 Å². The number of phenols is 1. The first-order valence-electron chi connectivity index (χ1n) is 11.2. The predicted octanol–water partition coefficient (Wildman–Crippen LogP) is -1.43. The Hall–Kier alpha value is -3.44. The van der Waals surface area contributed by atoms with Crippen LogP contribution in [-0.2, 0) is 25.6 Å². The van der Waals surface area contributed by atoms with E-state index in [4.69, 9.17) is 5.73 Å². The van der Waals surface area contributed by atoms with Crippen LogP contribution in [-0.4, -0.2) is 94.8 Å². The fourth-order valence-corrected chi connectivity index (χ4v) is 6.05. The normalized spacial score (nSPS) is 32.1. The molecule has 2 saturated carbocycles. The van der Waals surface area contributed by atoms with Crippen molar-refractivity contribution in [3.05, 3.63) is 28.8 Å². The number of aromatic hydroxyl groups is 1. The lowest BCUT2D eigenvalue weighted by molar-refractivity contribution is -0.181. The number of carbonyl (C=O) groups is 6. The van der Waals surface area contributed by atoms with Gasteiger partial charge in [0.25, 0.3) is 5.91 Å². The largest absolute Gasteiger partial charge is 0.507 e. The summed E-state index contributed by atoms with van der Waals surface area (Å²) in [5.74, 6) is -11.6. The van der Waals surface area contributed by atoms with Crippen molar-refractivity contribution in [2.24, 2.45) is 29.4 Å². The summed E-state index contributed by atoms with van der Waals surface area (Å²) in [6, 6.07) is 1.41. The number of amides is 2. The molecule has 6 unspecified atom stereocenters. The second-order valence-corrected chi connectivity index (χ2v) is 9.97. The van der Waals surface area contributed by atoms with Crippen molar-refractivity contribution in [1.82, 2.24) is 9.80 Å². The number of carbonyl (C=O) groups excluding carboxylic acids is 6. The predicted molar refractivity (Wildman–Crippen MR) is 119 cm³/mol. The van der Waals surface area contributed by atoms with E-state index < -0.39 is 76.0 Å². The molecular formula is C24H27N3O8. The monoisotopic (exact) mass is 485 g/mol. The number of fused-ring (bicyclic) bond motifs is 3. The maximum absolute atomic E-state index is 13.7. The van der Waals surface area contributed by atoms with E-state index in [1.165, 1.54) is 50.1 Å². The Morgan fingerprint density at radius 2 is 1.69 bits per heavy atom. The molecule has 0 spiro atoms. The van der Waals surface area contributed by atoms with Crippen LogP contribution in [0.4, 0.5) is 0 Å². The summed E-state index contributed by atoms with van der Waals surface area (Å²) < 4.78 is 0. The Morgan fingerprint density at radius 1 is 1.06 bits per heavy atom. The average Bonchev–Trinajstić information content (AvgIpc) is 2.75. The zero-order valence-corrected chi connectivity index (χ0v) is 19.8. The molecule has 4 rings (SSSR count). The van der Waals surface area contributed by atoms with Crippen molar-refractivity contribution in [2.45, 2.75) is 24.5 Å². The lowest BCUT2D eigenvalue weighted by atomic mass is 9.52. The van der Waals surface area contributed by atoms with Gasteiger partial charge in [0, 0.05) is 25.6 Å². The standard InChI is InChI=1S/C24H27N3O8/c1-26(2)17-12-8-9-7-11-10(23(34)27(3)4)5-6-13(28)15(11)18(29)14(9)20(31)24(12,35)21(32)16(19(17)30)22(25)33/h5-6,9,12,14,16-17,28,35H,7-8H2,1-4H3,(H2,25,33). The number of ketones is 4. The van der Waals surface area contributed by atoms with Crippen LogP contribution in [0.5, 0.6) is 5.75 Å². The molecule has 2 fully saturated rings. The van der Waals surface area contributed by atoms with Crippen LogP contribution < -0.4 is 5.73 Å². The van der Waals surface area contributed by atoms with Crippen LogP contribution in [0, 0.1) is 23.7 Å². The van der Waals surface area contributed by atoms with Crippen LogP contribution in [0.25, 0.3) is 0 Å². The molecule has 3 aliphatic rings. The van der Waals surface area contributed by atoms with E-state index in [0.29, 0.717) is 0 Å². The molecule has 35 heavy (non-hydrogen) atoms. The molecule has 4 N–H and O–H groups in total. The number of hydrogen-bond donors (Lipinski definition) is 3. The molecule has 11 nitrogen and oxygen atoms in total. The maximum atomic E-state index is 13.7. The molecule has 186 valence electrons. The Bertz CT molecular complexity index is 1210. The summed E-state index contributed by atoms with van der Waals surface area (Å²) in [5.41, 5.74) is 2.78. The first kappa shape index (κ1) is 24.7. The lowest BCUT2D eigenvalue weighted by Gasteiger charge is -2.52. The van der Waals surface area contributed by atoms with Crippen LogP contribution in [0.15, 0.2) is 12.1 Å². The maximum Gasteiger partial charge on any atom is 0.253 e. The number of nitrogens with zero attached hydrogens (tertiary/aromatic N) is 2. The number of rotatable bonds is 3. The minimum atomic E-state index is -2.77. The number of likely N-dealkylation sites (N-methyl/N-ethyl adjacent to an activating group) is 1. The van der Waals surface area contributed by atoms with Crippen molar-refractivity contribution < 1.29 is 39.0 Å². The summed E-state index contributed by atoms with van der Waals surface area (Å²) in [4.78, 5) is 81.0. The molecule has 0 saturated heterocycles. The Balaban J connectivity index is 1.89. The van der Waals surface area contributed by atoms with Gasteiger partial charge in [-0.2, -0.15) is 0 Å². The highest BCUT2D eigenvalue weighted by atomic mass is 16.3. The molecule has 0 radical (unpaired) electrons. The van der Waals surface area contributed by atoms with Gasteiger partial charge in [0.05, 0.1) is 17.5 Å². The van der Waals surface area contributed by atoms with E-state index >= 15 is 0 Å². The third-order valence-electron chi connectivity index (χ3n) is 7.58. The lowest BCUT2D eigenvalue weighted by Crippen LogP contribution is -2.74. The molecule has 0 aliphatic heterocycles. The van der Waals surface area contributed by atoms with E-state index in [2.05, 4.69) is 0 Å². The molecular weight excluding hydrogens is 458 g/mol. The summed E-state index contributed by atoms with van der Waals surface area (Å²) in [6.07, 6.45) is -0.0374. The first-order chi connectivity index (χ1) is 16.2. The minimum Gasteiger partial charge on any atom is -0.507 e. The topological polar surface area (TPSA) is 175 Å². The van der Waals surface area contributed by atoms with Crippen molar-refractivity contribution in [3.63, 3.8) is 0 Å². The molecule has 0 aromatic heterocycles. The number of aliphatic hydroxyl groups is 1. The van der Waals surface area contributed by atoms with Gasteiger partial charge in [0.1, 0.15) is 5.75 Å². The number of benzene rings is 1. The van der Waals surface area contributed by atoms with E-state index in [1.54, 1.807) is 0 Å². The van der Waals surface area contributed by atoms with Crippen LogP contribution in [0.1, 0.15) is 32.7 Å². The number of Topliss-reactive ketones (excluding diaryl/α,β-unsaturated/α-hetero) is 4. The third kappa shape index (κ3) is 3.25. The number of nitrogens with two attached hydrogens (primary N) is 1. The number of hydrogen-bond acceptors (Lipinski definition) is 9. The van der Waals surface area contributed by atoms with Gasteiger partial charge in [0.15, 0.2) is 34.7 Å². The highest BCUT2D eigenvalue weighted by molar-refractivity contribution is 6.32. The molecule has 6 atom stereocenters. The Morgan fingerprint density at radius 3 is 2.23 bits per heavy atom. The van der Waals surface area contributed by atoms with Crippen LogP contribution >= 0.6 is 0 Å². The second kappa shape index (κ2) is 8.06. The summed E-state index contributed by atoms with van der Waals surface area (Å²) in [5, 5.41) is 22.0. The zero-order valence-electron chi connectivity index (χ0n) is 19.8. The average molecular weight is 485 g/mol. The van der Waals surface area contributed by atoms with Crippen molar-refractivity contribution in [1.29, 1.82) is 0 Å². The highest BCUT2D eigenvalue weighted by Crippen LogP contribution is 2.51. The number of phenolic OH excluding ortho intramolecular Hbond substituents is 1. The molecule has 11 heteroatoms. The minimum absolute atomic E-state index is 0.0369. The van der Waals surface area contributed by atoms with E-state index in [-0.39, 0.29) is 29.5 Å². The van der Waals surface area contributed by atoms with Gasteiger partial charge >= 0.3 is 0 Å².